The molecule has 0 fully saturated rings. The lowest BCUT2D eigenvalue weighted by Gasteiger charge is -2.13. The number of ether oxygens (including phenoxy) is 1. The van der Waals surface area contributed by atoms with E-state index in [2.05, 4.69) is 6.58 Å². The van der Waals surface area contributed by atoms with Crippen molar-refractivity contribution in [3.05, 3.63) is 12.7 Å². The molecule has 3 heteroatoms. The Bertz CT molecular complexity index is 142. The zero-order chi connectivity index (χ0) is 8.85. The molecule has 0 aliphatic heterocycles. The topological polar surface area (TPSA) is 46.5 Å². The van der Waals surface area contributed by atoms with Gasteiger partial charge < -0.3 is 9.84 Å². The molecule has 0 aliphatic rings. The van der Waals surface area contributed by atoms with E-state index in [0.717, 1.165) is 0 Å². The molecule has 0 spiro atoms. The lowest BCUT2D eigenvalue weighted by atomic mass is 10.3. The predicted molar refractivity (Wildman–Crippen MR) is 42.5 cm³/mol. The van der Waals surface area contributed by atoms with Gasteiger partial charge in [-0.3, -0.25) is 4.79 Å². The fourth-order valence-corrected chi connectivity index (χ4v) is 0.716. The van der Waals surface area contributed by atoms with Crippen molar-refractivity contribution < 1.29 is 14.6 Å². The fraction of sp³-hybridized carbons (Fsp3) is 0.625. The van der Waals surface area contributed by atoms with Gasteiger partial charge >= 0.3 is 5.97 Å². The molecule has 0 rings (SSSR count). The van der Waals surface area contributed by atoms with Gasteiger partial charge in [-0.25, -0.2) is 0 Å². The second-order valence-electron chi connectivity index (χ2n) is 2.49. The van der Waals surface area contributed by atoms with Crippen molar-refractivity contribution in [3.63, 3.8) is 0 Å². The molecule has 0 bridgehead atoms. The highest BCUT2D eigenvalue weighted by Crippen LogP contribution is 2.02. The monoisotopic (exact) mass is 158 g/mol. The molecule has 0 saturated carbocycles. The van der Waals surface area contributed by atoms with Crippen molar-refractivity contribution in [1.82, 2.24) is 0 Å². The first kappa shape index (κ1) is 10.2. The normalized spacial score (nSPS) is 15.5. The summed E-state index contributed by atoms with van der Waals surface area (Å²) in [7, 11) is 0. The van der Waals surface area contributed by atoms with Gasteiger partial charge in [0.1, 0.15) is 0 Å². The zero-order valence-electron chi connectivity index (χ0n) is 6.91. The molecule has 0 aliphatic carbocycles. The SMILES string of the molecule is C=CC(C)OC(C)CC(=O)O. The number of hydrogen-bond donors (Lipinski definition) is 1. The minimum absolute atomic E-state index is 0.0399. The van der Waals surface area contributed by atoms with Crippen LogP contribution in [0.1, 0.15) is 20.3 Å². The second-order valence-corrected chi connectivity index (χ2v) is 2.49. The number of hydrogen-bond acceptors (Lipinski definition) is 2. The Morgan fingerprint density at radius 3 is 2.64 bits per heavy atom. The first-order valence-corrected chi connectivity index (χ1v) is 3.56. The van der Waals surface area contributed by atoms with Gasteiger partial charge in [0, 0.05) is 0 Å². The maximum Gasteiger partial charge on any atom is 0.305 e. The third-order valence-corrected chi connectivity index (χ3v) is 1.24. The smallest absolute Gasteiger partial charge is 0.305 e. The van der Waals surface area contributed by atoms with E-state index in [1.54, 1.807) is 13.0 Å². The molecule has 2 atom stereocenters. The summed E-state index contributed by atoms with van der Waals surface area (Å²) >= 11 is 0. The van der Waals surface area contributed by atoms with E-state index in [1.807, 2.05) is 6.92 Å². The second kappa shape index (κ2) is 4.91. The quantitative estimate of drug-likeness (QED) is 0.616. The Morgan fingerprint density at radius 2 is 2.27 bits per heavy atom. The van der Waals surface area contributed by atoms with Gasteiger partial charge in [0.05, 0.1) is 18.6 Å². The van der Waals surface area contributed by atoms with Gasteiger partial charge in [0.15, 0.2) is 0 Å². The predicted octanol–water partition coefficient (Wildman–Crippen LogP) is 1.44. The first-order valence-electron chi connectivity index (χ1n) is 3.56. The van der Waals surface area contributed by atoms with Gasteiger partial charge in [0.2, 0.25) is 0 Å². The maximum absolute atomic E-state index is 10.2. The van der Waals surface area contributed by atoms with Crippen molar-refractivity contribution in [1.29, 1.82) is 0 Å². The highest BCUT2D eigenvalue weighted by atomic mass is 16.5. The van der Waals surface area contributed by atoms with Crippen LogP contribution in [0.25, 0.3) is 0 Å². The average molecular weight is 158 g/mol. The molecule has 2 unspecified atom stereocenters. The van der Waals surface area contributed by atoms with Gasteiger partial charge in [-0.2, -0.15) is 0 Å². The van der Waals surface area contributed by atoms with Gasteiger partial charge in [-0.15, -0.1) is 6.58 Å². The number of carbonyl (C=O) groups is 1. The lowest BCUT2D eigenvalue weighted by Crippen LogP contribution is -2.18. The summed E-state index contributed by atoms with van der Waals surface area (Å²) in [4.78, 5) is 10.2. The van der Waals surface area contributed by atoms with Crippen molar-refractivity contribution >= 4 is 5.97 Å². The third kappa shape index (κ3) is 5.61. The summed E-state index contributed by atoms with van der Waals surface area (Å²) in [5.74, 6) is -0.839. The van der Waals surface area contributed by atoms with E-state index in [9.17, 15) is 4.79 Å². The summed E-state index contributed by atoms with van der Waals surface area (Å²) in [5, 5.41) is 8.36. The molecular formula is C8H14O3. The first-order chi connectivity index (χ1) is 5.06. The van der Waals surface area contributed by atoms with E-state index in [0.29, 0.717) is 0 Å². The van der Waals surface area contributed by atoms with Crippen LogP contribution in [0.4, 0.5) is 0 Å². The largest absolute Gasteiger partial charge is 0.481 e. The van der Waals surface area contributed by atoms with E-state index in [4.69, 9.17) is 9.84 Å². The Balaban J connectivity index is 3.59. The molecule has 0 saturated heterocycles. The Hall–Kier alpha value is -0.830. The zero-order valence-corrected chi connectivity index (χ0v) is 6.91. The third-order valence-electron chi connectivity index (χ3n) is 1.24. The number of carboxylic acid groups (broad SMARTS) is 1. The molecule has 0 radical (unpaired) electrons. The van der Waals surface area contributed by atoms with Crippen LogP contribution in [0, 0.1) is 0 Å². The minimum atomic E-state index is -0.839. The standard InChI is InChI=1S/C8H14O3/c1-4-6(2)11-7(3)5-8(9)10/h4,6-7H,1,5H2,2-3H3,(H,9,10). The van der Waals surface area contributed by atoms with E-state index in [-0.39, 0.29) is 18.6 Å². The molecule has 0 heterocycles. The molecule has 64 valence electrons. The molecule has 3 nitrogen and oxygen atoms in total. The van der Waals surface area contributed by atoms with Crippen LogP contribution in [0.5, 0.6) is 0 Å². The van der Waals surface area contributed by atoms with Crippen LogP contribution in [0.15, 0.2) is 12.7 Å². The van der Waals surface area contributed by atoms with E-state index < -0.39 is 5.97 Å². The highest BCUT2D eigenvalue weighted by Gasteiger charge is 2.09. The Labute approximate surface area is 66.7 Å². The molecule has 0 amide bonds. The van der Waals surface area contributed by atoms with E-state index >= 15 is 0 Å². The summed E-state index contributed by atoms with van der Waals surface area (Å²) in [6.45, 7) is 7.08. The molecule has 0 aromatic heterocycles. The maximum atomic E-state index is 10.2. The fourth-order valence-electron chi connectivity index (χ4n) is 0.716. The van der Waals surface area contributed by atoms with Crippen LogP contribution in [0.3, 0.4) is 0 Å². The summed E-state index contributed by atoms with van der Waals surface area (Å²) in [6.07, 6.45) is 1.35. The van der Waals surface area contributed by atoms with Crippen molar-refractivity contribution in [2.45, 2.75) is 32.5 Å². The summed E-state index contributed by atoms with van der Waals surface area (Å²) in [5.41, 5.74) is 0. The van der Waals surface area contributed by atoms with Crippen LogP contribution >= 0.6 is 0 Å². The molecule has 1 N–H and O–H groups in total. The molecule has 11 heavy (non-hydrogen) atoms. The summed E-state index contributed by atoms with van der Waals surface area (Å²) < 4.78 is 5.21. The minimum Gasteiger partial charge on any atom is -0.481 e. The number of rotatable bonds is 5. The van der Waals surface area contributed by atoms with Crippen LogP contribution in [-0.4, -0.2) is 23.3 Å². The Kier molecular flexibility index (Phi) is 4.54. The van der Waals surface area contributed by atoms with Gasteiger partial charge in [-0.1, -0.05) is 6.08 Å². The van der Waals surface area contributed by atoms with Crippen molar-refractivity contribution in [2.75, 3.05) is 0 Å². The number of aliphatic carboxylic acids is 1. The van der Waals surface area contributed by atoms with Crippen LogP contribution < -0.4 is 0 Å². The molecule has 0 aromatic carbocycles. The van der Waals surface area contributed by atoms with Gasteiger partial charge in [0.25, 0.3) is 0 Å². The summed E-state index contributed by atoms with van der Waals surface area (Å²) in [6, 6.07) is 0. The van der Waals surface area contributed by atoms with Gasteiger partial charge in [-0.05, 0) is 13.8 Å². The van der Waals surface area contributed by atoms with Crippen LogP contribution in [-0.2, 0) is 9.53 Å². The van der Waals surface area contributed by atoms with Crippen molar-refractivity contribution in [2.24, 2.45) is 0 Å². The van der Waals surface area contributed by atoms with Crippen molar-refractivity contribution in [3.8, 4) is 0 Å². The molecule has 0 aromatic rings. The Morgan fingerprint density at radius 1 is 1.73 bits per heavy atom. The van der Waals surface area contributed by atoms with E-state index in [1.165, 1.54) is 0 Å². The lowest BCUT2D eigenvalue weighted by molar-refractivity contribution is -0.140. The highest BCUT2D eigenvalue weighted by molar-refractivity contribution is 5.67. The number of carboxylic acids is 1. The molecular weight excluding hydrogens is 144 g/mol. The average Bonchev–Trinajstić information content (AvgIpc) is 1.85. The van der Waals surface area contributed by atoms with Crippen LogP contribution in [0.2, 0.25) is 0 Å².